The molecule has 0 aliphatic carbocycles. The molecule has 1 aromatic carbocycles. The summed E-state index contributed by atoms with van der Waals surface area (Å²) in [4.78, 5) is 2.58. The number of halogens is 1. The lowest BCUT2D eigenvalue weighted by Crippen LogP contribution is -2.04. The van der Waals surface area contributed by atoms with Gasteiger partial charge in [0.1, 0.15) is 0 Å². The van der Waals surface area contributed by atoms with Gasteiger partial charge in [-0.05, 0) is 12.5 Å². The van der Waals surface area contributed by atoms with Crippen LogP contribution in [0.4, 0.5) is 4.39 Å². The summed E-state index contributed by atoms with van der Waals surface area (Å²) in [6.45, 7) is 0. The van der Waals surface area contributed by atoms with Gasteiger partial charge in [0.25, 0.3) is 0 Å². The van der Waals surface area contributed by atoms with Crippen LogP contribution in [0.2, 0.25) is 0 Å². The lowest BCUT2D eigenvalue weighted by Gasteiger charge is -1.98. The van der Waals surface area contributed by atoms with E-state index in [9.17, 15) is 12.8 Å². The van der Waals surface area contributed by atoms with Gasteiger partial charge >= 0.3 is 0 Å². The molecule has 1 N–H and O–H groups in total. The molecule has 3 nitrogen and oxygen atoms in total. The second kappa shape index (κ2) is 3.90. The molecule has 0 fully saturated rings. The van der Waals surface area contributed by atoms with Crippen molar-refractivity contribution < 1.29 is 12.8 Å². The molecular formula is C11H11FNO2S. The number of rotatable bonds is 3. The Labute approximate surface area is 93.2 Å². The van der Waals surface area contributed by atoms with Gasteiger partial charge in [0, 0.05) is 16.5 Å². The van der Waals surface area contributed by atoms with Crippen LogP contribution in [-0.4, -0.2) is 19.2 Å². The van der Waals surface area contributed by atoms with Crippen LogP contribution in [0.3, 0.4) is 0 Å². The Morgan fingerprint density at radius 1 is 1.31 bits per heavy atom. The van der Waals surface area contributed by atoms with Crippen molar-refractivity contribution in [1.82, 2.24) is 4.98 Å². The van der Waals surface area contributed by atoms with Gasteiger partial charge in [-0.25, -0.2) is 8.42 Å². The van der Waals surface area contributed by atoms with Crippen LogP contribution >= 0.6 is 0 Å². The van der Waals surface area contributed by atoms with E-state index in [0.29, 0.717) is 11.1 Å². The van der Waals surface area contributed by atoms with Crippen LogP contribution < -0.4 is 0 Å². The summed E-state index contributed by atoms with van der Waals surface area (Å²) in [6, 6.07) is 7.10. The number of nitrogens with one attached hydrogen (secondary N) is 1. The average Bonchev–Trinajstić information content (AvgIpc) is 2.49. The maximum Gasteiger partial charge on any atom is 0.195 e. The van der Waals surface area contributed by atoms with Crippen molar-refractivity contribution in [3.63, 3.8) is 0 Å². The second-order valence-electron chi connectivity index (χ2n) is 3.66. The fourth-order valence-electron chi connectivity index (χ4n) is 1.67. The Hall–Kier alpha value is -1.36. The number of benzene rings is 1. The topological polar surface area (TPSA) is 49.9 Å². The number of aromatic amines is 1. The van der Waals surface area contributed by atoms with E-state index in [1.54, 1.807) is 24.3 Å². The lowest BCUT2D eigenvalue weighted by atomic mass is 10.1. The highest BCUT2D eigenvalue weighted by Gasteiger charge is 2.13. The Bertz CT molecular complexity index is 616. The van der Waals surface area contributed by atoms with Crippen LogP contribution in [0.5, 0.6) is 0 Å². The van der Waals surface area contributed by atoms with Crippen molar-refractivity contribution in [2.24, 2.45) is 0 Å². The first-order valence-corrected chi connectivity index (χ1v) is 6.60. The van der Waals surface area contributed by atoms with Crippen LogP contribution in [0.15, 0.2) is 24.3 Å². The molecule has 0 amide bonds. The second-order valence-corrected chi connectivity index (χ2v) is 5.56. The molecule has 1 radical (unpaired) electrons. The smallest absolute Gasteiger partial charge is 0.195 e. The fourth-order valence-corrected chi connectivity index (χ4v) is 2.18. The first-order valence-electron chi connectivity index (χ1n) is 4.78. The lowest BCUT2D eigenvalue weighted by molar-refractivity contribution is 0.579. The maximum atomic E-state index is 13.5. The Morgan fingerprint density at radius 2 is 2.00 bits per heavy atom. The summed E-state index contributed by atoms with van der Waals surface area (Å²) in [5.74, 6) is -0.615. The van der Waals surface area contributed by atoms with Crippen molar-refractivity contribution >= 4 is 20.7 Å². The Balaban J connectivity index is 2.40. The number of hydrogen-bond acceptors (Lipinski definition) is 2. The standard InChI is InChI=1S/C11H11FNO2S/c1-16(14,15)7-6-9-8-4-2-3-5-10(8)13-11(9)12/h2-5,13H,1,6-7H2. The minimum Gasteiger partial charge on any atom is -0.331 e. The number of fused-ring (bicyclic) bond motifs is 1. The molecule has 85 valence electrons. The number of H-pyrrole nitrogens is 1. The van der Waals surface area contributed by atoms with E-state index in [1.807, 2.05) is 0 Å². The highest BCUT2D eigenvalue weighted by atomic mass is 32.2. The van der Waals surface area contributed by atoms with E-state index in [-0.39, 0.29) is 12.2 Å². The number of sulfone groups is 1. The third-order valence-corrected chi connectivity index (χ3v) is 3.25. The van der Waals surface area contributed by atoms with E-state index >= 15 is 0 Å². The van der Waals surface area contributed by atoms with Gasteiger partial charge < -0.3 is 4.98 Å². The first kappa shape index (κ1) is 11.1. The third kappa shape index (κ3) is 2.24. The molecule has 0 unspecified atom stereocenters. The summed E-state index contributed by atoms with van der Waals surface area (Å²) in [7, 11) is -3.32. The molecule has 2 aromatic rings. The molecule has 1 heterocycles. The first-order chi connectivity index (χ1) is 7.47. The maximum absolute atomic E-state index is 13.5. The number of hydrogen-bond donors (Lipinski definition) is 1. The van der Waals surface area contributed by atoms with E-state index in [0.717, 1.165) is 5.39 Å². The molecular weight excluding hydrogens is 229 g/mol. The summed E-state index contributed by atoms with van der Waals surface area (Å²) in [5.41, 5.74) is 1.08. The van der Waals surface area contributed by atoms with Crippen molar-refractivity contribution in [3.05, 3.63) is 42.0 Å². The molecule has 0 saturated carbocycles. The van der Waals surface area contributed by atoms with E-state index in [4.69, 9.17) is 0 Å². The molecule has 16 heavy (non-hydrogen) atoms. The highest BCUT2D eigenvalue weighted by Crippen LogP contribution is 2.21. The average molecular weight is 240 g/mol. The summed E-state index contributed by atoms with van der Waals surface area (Å²) >= 11 is 0. The number of aromatic nitrogens is 1. The van der Waals surface area contributed by atoms with Gasteiger partial charge in [0.05, 0.1) is 12.0 Å². The number of para-hydroxylation sites is 1. The summed E-state index contributed by atoms with van der Waals surface area (Å²) in [6.07, 6.45) is 3.16. The van der Waals surface area contributed by atoms with Gasteiger partial charge in [0.2, 0.25) is 0 Å². The molecule has 0 bridgehead atoms. The molecule has 2 rings (SSSR count). The normalized spacial score (nSPS) is 12.1. The summed E-state index contributed by atoms with van der Waals surface area (Å²) in [5, 5.41) is 0.726. The Kier molecular flexibility index (Phi) is 2.71. The molecule has 0 spiro atoms. The minimum absolute atomic E-state index is 0.141. The molecule has 0 atom stereocenters. The van der Waals surface area contributed by atoms with Crippen LogP contribution in [0.25, 0.3) is 10.9 Å². The van der Waals surface area contributed by atoms with Gasteiger partial charge in [-0.3, -0.25) is 0 Å². The van der Waals surface area contributed by atoms with E-state index in [1.165, 1.54) is 0 Å². The zero-order valence-electron chi connectivity index (χ0n) is 8.53. The largest absolute Gasteiger partial charge is 0.331 e. The predicted molar refractivity (Wildman–Crippen MR) is 61.1 cm³/mol. The van der Waals surface area contributed by atoms with Crippen LogP contribution in [0.1, 0.15) is 5.56 Å². The Morgan fingerprint density at radius 3 is 2.69 bits per heavy atom. The van der Waals surface area contributed by atoms with E-state index < -0.39 is 15.8 Å². The van der Waals surface area contributed by atoms with Gasteiger partial charge in [-0.15, -0.1) is 0 Å². The predicted octanol–water partition coefficient (Wildman–Crippen LogP) is 2.06. The van der Waals surface area contributed by atoms with Crippen molar-refractivity contribution in [2.45, 2.75) is 6.42 Å². The highest BCUT2D eigenvalue weighted by molar-refractivity contribution is 7.92. The SMILES string of the molecule is [CH2]S(=O)(=O)CCc1c(F)[nH]c2ccccc12. The van der Waals surface area contributed by atoms with Crippen molar-refractivity contribution in [1.29, 1.82) is 0 Å². The monoisotopic (exact) mass is 240 g/mol. The van der Waals surface area contributed by atoms with Crippen molar-refractivity contribution in [2.75, 3.05) is 5.75 Å². The summed E-state index contributed by atoms with van der Waals surface area (Å²) < 4.78 is 35.4. The zero-order chi connectivity index (χ0) is 11.8. The van der Waals surface area contributed by atoms with Gasteiger partial charge in [-0.1, -0.05) is 18.2 Å². The van der Waals surface area contributed by atoms with Crippen LogP contribution in [0, 0.1) is 12.2 Å². The quantitative estimate of drug-likeness (QED) is 0.892. The fraction of sp³-hybridized carbons (Fsp3) is 0.182. The molecule has 0 saturated heterocycles. The molecule has 0 aliphatic heterocycles. The van der Waals surface area contributed by atoms with Gasteiger partial charge in [-0.2, -0.15) is 4.39 Å². The van der Waals surface area contributed by atoms with E-state index in [2.05, 4.69) is 11.2 Å². The minimum atomic E-state index is -3.32. The molecule has 0 aliphatic rings. The van der Waals surface area contributed by atoms with Crippen LogP contribution in [-0.2, 0) is 16.3 Å². The number of aryl methyl sites for hydroxylation is 1. The third-order valence-electron chi connectivity index (χ3n) is 2.42. The molecule has 5 heteroatoms. The zero-order valence-corrected chi connectivity index (χ0v) is 9.35. The molecule has 1 aromatic heterocycles. The van der Waals surface area contributed by atoms with Gasteiger partial charge in [0.15, 0.2) is 15.8 Å². The van der Waals surface area contributed by atoms with Crippen molar-refractivity contribution in [3.8, 4) is 0 Å².